The summed E-state index contributed by atoms with van der Waals surface area (Å²) in [6.07, 6.45) is 28.2. The van der Waals surface area contributed by atoms with E-state index in [9.17, 15) is 33.6 Å². The van der Waals surface area contributed by atoms with Crippen LogP contribution in [0.15, 0.2) is 0 Å². The molecular formula is C60H113NO14. The van der Waals surface area contributed by atoms with E-state index in [-0.39, 0.29) is 49.0 Å². The van der Waals surface area contributed by atoms with Gasteiger partial charge in [-0.25, -0.2) is 0 Å². The Morgan fingerprint density at radius 1 is 0.413 bits per heavy atom. The molecule has 0 aliphatic carbocycles. The molecule has 0 saturated heterocycles. The second-order valence-corrected chi connectivity index (χ2v) is 20.4. The Morgan fingerprint density at radius 3 is 1.04 bits per heavy atom. The van der Waals surface area contributed by atoms with Crippen LogP contribution in [0.2, 0.25) is 0 Å². The van der Waals surface area contributed by atoms with Crippen molar-refractivity contribution in [3.63, 3.8) is 0 Å². The molecule has 0 radical (unpaired) electrons. The molecule has 442 valence electrons. The molecule has 0 spiro atoms. The van der Waals surface area contributed by atoms with Gasteiger partial charge in [-0.2, -0.15) is 0 Å². The number of nitrogens with one attached hydrogen (secondary N) is 1. The predicted octanol–water partition coefficient (Wildman–Crippen LogP) is 13.9. The van der Waals surface area contributed by atoms with Crippen LogP contribution in [0.3, 0.4) is 0 Å². The number of ether oxygens (including phenoxy) is 7. The fourth-order valence-electron chi connectivity index (χ4n) is 8.03. The quantitative estimate of drug-likeness (QED) is 0.0261. The van der Waals surface area contributed by atoms with Crippen molar-refractivity contribution in [1.82, 2.24) is 5.32 Å². The number of likely N-dealkylation sites (N-methyl/N-ethyl adjacent to an activating group) is 1. The van der Waals surface area contributed by atoms with E-state index >= 15 is 0 Å². The van der Waals surface area contributed by atoms with Gasteiger partial charge in [0.1, 0.15) is 18.8 Å². The number of hydrogen-bond acceptors (Lipinski definition) is 15. The van der Waals surface area contributed by atoms with Gasteiger partial charge in [0.2, 0.25) is 0 Å². The van der Waals surface area contributed by atoms with Crippen LogP contribution in [-0.2, 0) is 66.7 Å². The Bertz CT molecular complexity index is 1300. The summed E-state index contributed by atoms with van der Waals surface area (Å²) in [7, 11) is 1.81. The Kier molecular flexibility index (Phi) is 58.3. The first-order valence-electron chi connectivity index (χ1n) is 29.9. The summed E-state index contributed by atoms with van der Waals surface area (Å²) in [5.74, 6) is -2.29. The number of hydrogen-bond donors (Lipinski definition) is 1. The lowest BCUT2D eigenvalue weighted by molar-refractivity contribution is -0.164. The average molecular weight is 1070 g/mol. The van der Waals surface area contributed by atoms with Crippen molar-refractivity contribution < 1.29 is 66.7 Å². The summed E-state index contributed by atoms with van der Waals surface area (Å²) in [4.78, 5) is 82.9. The molecule has 0 aromatic heterocycles. The molecule has 0 aliphatic heterocycles. The standard InChI is InChI=1S/C32H58O8.C23H44O4.C5H11NO2/c1-6-9-11-13-15-17-19-37-30(34)22-27(23-31(35)38-20-18-16-14-12-10-7-2)24-32(36)40-28(8-3)29(39-25-33)21-26(4)5;1-4-7-9-11-13-15-17-26-22(24)19-21(6-3)20-23(25)27-18-16-14-12-10-8-5-2;1-5(7)8-4-3-6-2/h25-29H,6-24H2,1-5H3;21H,4-20H2,1-3H3;6H,3-4H2,1-2H3. The molecule has 2 atom stereocenters. The van der Waals surface area contributed by atoms with Crippen LogP contribution in [0.5, 0.6) is 0 Å². The van der Waals surface area contributed by atoms with E-state index < -0.39 is 36.0 Å². The SMILES string of the molecule is CCCCCCCCOC(=O)CC(CC(=O)OCCCCCCCC)CC(=O)OC(CC)C(CC(C)C)OC=O.CCCCCCCCOC(=O)CC(CC)CC(=O)OCCCCCCCC.CNCCOC(C)=O. The molecule has 0 fully saturated rings. The van der Waals surface area contributed by atoms with Gasteiger partial charge in [0, 0.05) is 45.6 Å². The average Bonchev–Trinajstić information content (AvgIpc) is 3.36. The molecule has 15 nitrogen and oxygen atoms in total. The highest BCUT2D eigenvalue weighted by Gasteiger charge is 2.29. The van der Waals surface area contributed by atoms with E-state index in [1.165, 1.54) is 96.8 Å². The number of carbonyl (C=O) groups excluding carboxylic acids is 7. The van der Waals surface area contributed by atoms with Crippen molar-refractivity contribution in [2.45, 2.75) is 280 Å². The molecule has 75 heavy (non-hydrogen) atoms. The minimum atomic E-state index is -0.597. The van der Waals surface area contributed by atoms with Crippen LogP contribution >= 0.6 is 0 Å². The summed E-state index contributed by atoms with van der Waals surface area (Å²) >= 11 is 0. The normalized spacial score (nSPS) is 11.6. The molecule has 0 aliphatic rings. The highest BCUT2D eigenvalue weighted by atomic mass is 16.6. The van der Waals surface area contributed by atoms with Gasteiger partial charge < -0.3 is 38.5 Å². The smallest absolute Gasteiger partial charge is 0.306 e. The molecule has 0 rings (SSSR count). The van der Waals surface area contributed by atoms with Crippen molar-refractivity contribution in [1.29, 1.82) is 0 Å². The second-order valence-electron chi connectivity index (χ2n) is 20.4. The van der Waals surface area contributed by atoms with Crippen molar-refractivity contribution in [3.05, 3.63) is 0 Å². The van der Waals surface area contributed by atoms with E-state index in [0.717, 1.165) is 77.2 Å². The first kappa shape index (κ1) is 75.5. The fraction of sp³-hybridized carbons (Fsp3) is 0.883. The molecule has 2 unspecified atom stereocenters. The van der Waals surface area contributed by atoms with E-state index in [1.807, 2.05) is 34.7 Å². The van der Waals surface area contributed by atoms with Crippen LogP contribution in [0.4, 0.5) is 0 Å². The predicted molar refractivity (Wildman–Crippen MR) is 299 cm³/mol. The molecule has 0 saturated carbocycles. The van der Waals surface area contributed by atoms with Crippen molar-refractivity contribution in [3.8, 4) is 0 Å². The van der Waals surface area contributed by atoms with Gasteiger partial charge >= 0.3 is 35.8 Å². The minimum absolute atomic E-state index is 0.0270. The highest BCUT2D eigenvalue weighted by molar-refractivity contribution is 5.76. The maximum atomic E-state index is 12.9. The van der Waals surface area contributed by atoms with Crippen molar-refractivity contribution >= 4 is 42.3 Å². The van der Waals surface area contributed by atoms with Crippen LogP contribution in [0.25, 0.3) is 0 Å². The Labute approximate surface area is 457 Å². The first-order chi connectivity index (χ1) is 36.2. The van der Waals surface area contributed by atoms with E-state index in [1.54, 1.807) is 0 Å². The topological polar surface area (TPSA) is 196 Å². The van der Waals surface area contributed by atoms with Crippen molar-refractivity contribution in [2.75, 3.05) is 46.6 Å². The molecule has 0 aromatic carbocycles. The van der Waals surface area contributed by atoms with Crippen LogP contribution in [0, 0.1) is 17.8 Å². The fourth-order valence-corrected chi connectivity index (χ4v) is 8.03. The van der Waals surface area contributed by atoms with Gasteiger partial charge in [-0.3, -0.25) is 33.6 Å². The summed E-state index contributed by atoms with van der Waals surface area (Å²) in [6.45, 7) is 21.3. The second kappa shape index (κ2) is 57.9. The summed E-state index contributed by atoms with van der Waals surface area (Å²) in [6, 6.07) is 0. The van der Waals surface area contributed by atoms with Gasteiger partial charge in [-0.05, 0) is 63.3 Å². The highest BCUT2D eigenvalue weighted by Crippen LogP contribution is 2.22. The van der Waals surface area contributed by atoms with Crippen LogP contribution in [0.1, 0.15) is 268 Å². The first-order valence-corrected chi connectivity index (χ1v) is 29.9. The lowest BCUT2D eigenvalue weighted by Gasteiger charge is -2.26. The number of carbonyl (C=O) groups is 7. The molecule has 0 amide bonds. The zero-order valence-corrected chi connectivity index (χ0v) is 49.5. The lowest BCUT2D eigenvalue weighted by atomic mass is 9.97. The summed E-state index contributed by atoms with van der Waals surface area (Å²) < 4.78 is 36.9. The van der Waals surface area contributed by atoms with Gasteiger partial charge in [0.05, 0.1) is 26.4 Å². The van der Waals surface area contributed by atoms with Crippen molar-refractivity contribution in [2.24, 2.45) is 17.8 Å². The zero-order valence-electron chi connectivity index (χ0n) is 49.5. The Morgan fingerprint density at radius 2 is 0.747 bits per heavy atom. The molecular weight excluding hydrogens is 959 g/mol. The van der Waals surface area contributed by atoms with Crippen LogP contribution in [-0.4, -0.2) is 101 Å². The van der Waals surface area contributed by atoms with Gasteiger partial charge in [0.15, 0.2) is 0 Å². The molecule has 1 N–H and O–H groups in total. The van der Waals surface area contributed by atoms with E-state index in [2.05, 4.69) is 37.7 Å². The van der Waals surface area contributed by atoms with Gasteiger partial charge in [-0.15, -0.1) is 0 Å². The monoisotopic (exact) mass is 1070 g/mol. The van der Waals surface area contributed by atoms with E-state index in [4.69, 9.17) is 28.4 Å². The maximum Gasteiger partial charge on any atom is 0.306 e. The molecule has 0 bridgehead atoms. The Balaban J connectivity index is -0.00000127. The Hall–Kier alpha value is -3.75. The van der Waals surface area contributed by atoms with Crippen LogP contribution < -0.4 is 5.32 Å². The third-order valence-corrected chi connectivity index (χ3v) is 12.6. The summed E-state index contributed by atoms with van der Waals surface area (Å²) in [5.41, 5.74) is 0. The zero-order chi connectivity index (χ0) is 56.6. The number of unbranched alkanes of at least 4 members (excludes halogenated alkanes) is 20. The third-order valence-electron chi connectivity index (χ3n) is 12.6. The largest absolute Gasteiger partial charge is 0.466 e. The molecule has 15 heteroatoms. The number of esters is 6. The third kappa shape index (κ3) is 56.3. The maximum absolute atomic E-state index is 12.9. The number of rotatable bonds is 49. The van der Waals surface area contributed by atoms with Gasteiger partial charge in [0.25, 0.3) is 6.47 Å². The summed E-state index contributed by atoms with van der Waals surface area (Å²) in [5, 5.41) is 2.85. The lowest BCUT2D eigenvalue weighted by Crippen LogP contribution is -2.35. The van der Waals surface area contributed by atoms with E-state index in [0.29, 0.717) is 65.2 Å². The van der Waals surface area contributed by atoms with Gasteiger partial charge in [-0.1, -0.05) is 190 Å². The molecule has 0 heterocycles. The minimum Gasteiger partial charge on any atom is -0.466 e. The molecule has 0 aromatic rings.